The van der Waals surface area contributed by atoms with Gasteiger partial charge >= 0.3 is 6.03 Å². The van der Waals surface area contributed by atoms with Gasteiger partial charge in [0.15, 0.2) is 0 Å². The Hall–Kier alpha value is -3.39. The summed E-state index contributed by atoms with van der Waals surface area (Å²) in [4.78, 5) is 45.7. The number of benzene rings is 3. The van der Waals surface area contributed by atoms with Gasteiger partial charge < -0.3 is 20.0 Å². The summed E-state index contributed by atoms with van der Waals surface area (Å²) < 4.78 is 0.979. The van der Waals surface area contributed by atoms with Gasteiger partial charge in [-0.05, 0) is 46.0 Å². The van der Waals surface area contributed by atoms with Gasteiger partial charge in [-0.15, -0.1) is 0 Å². The van der Waals surface area contributed by atoms with E-state index in [1.165, 1.54) is 0 Å². The van der Waals surface area contributed by atoms with Crippen molar-refractivity contribution in [2.75, 3.05) is 13.1 Å². The molecule has 2 fully saturated rings. The number of nitrogens with one attached hydrogen (secondary N) is 1. The summed E-state index contributed by atoms with van der Waals surface area (Å²) in [6.45, 7) is 5.49. The predicted molar refractivity (Wildman–Crippen MR) is 151 cm³/mol. The monoisotopic (exact) mass is 576 g/mol. The van der Waals surface area contributed by atoms with E-state index in [1.807, 2.05) is 55.1 Å². The Morgan fingerprint density at radius 3 is 2.47 bits per heavy atom. The molecular formula is C30H33BrN4O3. The SMILES string of the molecule is CC[C@H](C)[C@H]1C(=O)N(Cc2ccc3ccccc3c2)C[C@@H]2N(C(=O)NCc3ccc(Br)cc3)CCC(=O)N12. The number of piperazine rings is 1. The number of urea groups is 1. The fourth-order valence-electron chi connectivity index (χ4n) is 5.49. The standard InChI is InChI=1S/C30H33BrN4O3/c1-3-20(2)28-29(37)33(18-22-8-11-23-6-4-5-7-24(23)16-22)19-26-34(15-14-27(36)35(26)28)30(38)32-17-21-9-12-25(31)13-10-21/h4-13,16,20,26,28H,3,14-15,17-19H2,1-2H3,(H,32,38)/t20-,26+,28-/m0/s1. The summed E-state index contributed by atoms with van der Waals surface area (Å²) in [6, 6.07) is 21.4. The molecule has 2 aliphatic heterocycles. The average Bonchev–Trinajstić information content (AvgIpc) is 2.93. The molecule has 38 heavy (non-hydrogen) atoms. The number of hydrogen-bond donors (Lipinski definition) is 1. The van der Waals surface area contributed by atoms with E-state index in [2.05, 4.69) is 51.6 Å². The van der Waals surface area contributed by atoms with E-state index >= 15 is 0 Å². The molecule has 3 aromatic carbocycles. The van der Waals surface area contributed by atoms with Crippen molar-refractivity contribution in [1.82, 2.24) is 20.0 Å². The lowest BCUT2D eigenvalue weighted by molar-refractivity contribution is -0.170. The van der Waals surface area contributed by atoms with Gasteiger partial charge in [0.1, 0.15) is 12.2 Å². The van der Waals surface area contributed by atoms with Gasteiger partial charge in [0, 0.05) is 30.5 Å². The lowest BCUT2D eigenvalue weighted by Gasteiger charge is -2.53. The summed E-state index contributed by atoms with van der Waals surface area (Å²) in [5, 5.41) is 5.29. The van der Waals surface area contributed by atoms with Crippen molar-refractivity contribution < 1.29 is 14.4 Å². The molecule has 5 rings (SSSR count). The lowest BCUT2D eigenvalue weighted by Crippen LogP contribution is -2.72. The zero-order valence-corrected chi connectivity index (χ0v) is 23.4. The quantitative estimate of drug-likeness (QED) is 0.442. The number of carbonyl (C=O) groups excluding carboxylic acids is 3. The van der Waals surface area contributed by atoms with Gasteiger partial charge in [0.2, 0.25) is 11.8 Å². The molecule has 3 aromatic rings. The summed E-state index contributed by atoms with van der Waals surface area (Å²) in [5.74, 6) is -0.135. The highest BCUT2D eigenvalue weighted by molar-refractivity contribution is 9.10. The van der Waals surface area contributed by atoms with Gasteiger partial charge in [0.05, 0.1) is 6.54 Å². The Kier molecular flexibility index (Phi) is 7.70. The van der Waals surface area contributed by atoms with Crippen LogP contribution in [0.25, 0.3) is 10.8 Å². The lowest BCUT2D eigenvalue weighted by atomic mass is 9.91. The van der Waals surface area contributed by atoms with Crippen LogP contribution in [0.1, 0.15) is 37.8 Å². The van der Waals surface area contributed by atoms with Crippen LogP contribution in [0.15, 0.2) is 71.2 Å². The fourth-order valence-corrected chi connectivity index (χ4v) is 5.75. The first-order valence-corrected chi connectivity index (χ1v) is 14.0. The molecular weight excluding hydrogens is 544 g/mol. The number of halogens is 1. The predicted octanol–water partition coefficient (Wildman–Crippen LogP) is 5.13. The van der Waals surface area contributed by atoms with Crippen LogP contribution < -0.4 is 5.32 Å². The molecule has 2 aliphatic rings. The number of carbonyl (C=O) groups is 3. The molecule has 4 amide bonds. The van der Waals surface area contributed by atoms with E-state index in [-0.39, 0.29) is 36.7 Å². The number of nitrogens with zero attached hydrogens (tertiary/aromatic N) is 3. The Morgan fingerprint density at radius 2 is 1.74 bits per heavy atom. The van der Waals surface area contributed by atoms with E-state index in [0.717, 1.165) is 32.8 Å². The first kappa shape index (κ1) is 26.2. The topological polar surface area (TPSA) is 73.0 Å². The molecule has 0 radical (unpaired) electrons. The normalized spacial score (nSPS) is 20.4. The Balaban J connectivity index is 1.40. The maximum absolute atomic E-state index is 13.8. The van der Waals surface area contributed by atoms with Crippen LogP contribution >= 0.6 is 15.9 Å². The van der Waals surface area contributed by atoms with E-state index in [4.69, 9.17) is 0 Å². The van der Waals surface area contributed by atoms with Crippen LogP contribution in [0, 0.1) is 5.92 Å². The third-order valence-electron chi connectivity index (χ3n) is 7.77. The molecule has 0 saturated carbocycles. The zero-order valence-electron chi connectivity index (χ0n) is 21.8. The largest absolute Gasteiger partial charge is 0.334 e. The first-order chi connectivity index (χ1) is 18.4. The molecule has 7 nitrogen and oxygen atoms in total. The Morgan fingerprint density at radius 1 is 1.03 bits per heavy atom. The Bertz CT molecular complexity index is 1340. The molecule has 2 saturated heterocycles. The maximum Gasteiger partial charge on any atom is 0.319 e. The number of rotatable bonds is 6. The summed E-state index contributed by atoms with van der Waals surface area (Å²) >= 11 is 3.44. The van der Waals surface area contributed by atoms with Crippen molar-refractivity contribution in [3.8, 4) is 0 Å². The van der Waals surface area contributed by atoms with Gasteiger partial charge in [-0.1, -0.05) is 84.7 Å². The highest BCUT2D eigenvalue weighted by Gasteiger charge is 2.50. The molecule has 8 heteroatoms. The van der Waals surface area contributed by atoms with Crippen molar-refractivity contribution in [3.05, 3.63) is 82.3 Å². The maximum atomic E-state index is 13.8. The smallest absolute Gasteiger partial charge is 0.319 e. The second kappa shape index (κ2) is 11.2. The van der Waals surface area contributed by atoms with Crippen molar-refractivity contribution in [2.45, 2.75) is 52.0 Å². The molecule has 3 atom stereocenters. The highest BCUT2D eigenvalue weighted by Crippen LogP contribution is 2.31. The summed E-state index contributed by atoms with van der Waals surface area (Å²) in [5.41, 5.74) is 2.02. The zero-order chi connectivity index (χ0) is 26.8. The highest BCUT2D eigenvalue weighted by atomic mass is 79.9. The fraction of sp³-hybridized carbons (Fsp3) is 0.367. The molecule has 0 aliphatic carbocycles. The summed E-state index contributed by atoms with van der Waals surface area (Å²) in [6.07, 6.45) is 0.470. The van der Waals surface area contributed by atoms with Crippen molar-refractivity contribution in [2.24, 2.45) is 5.92 Å². The van der Waals surface area contributed by atoms with E-state index < -0.39 is 12.2 Å². The molecule has 1 N–H and O–H groups in total. The van der Waals surface area contributed by atoms with E-state index in [1.54, 1.807) is 9.80 Å². The molecule has 198 valence electrons. The summed E-state index contributed by atoms with van der Waals surface area (Å²) in [7, 11) is 0. The van der Waals surface area contributed by atoms with Gasteiger partial charge in [-0.3, -0.25) is 9.59 Å². The number of amides is 4. The van der Waals surface area contributed by atoms with Crippen LogP contribution in [0.5, 0.6) is 0 Å². The van der Waals surface area contributed by atoms with Gasteiger partial charge in [-0.25, -0.2) is 4.79 Å². The van der Waals surface area contributed by atoms with Crippen LogP contribution in [-0.4, -0.2) is 57.8 Å². The minimum Gasteiger partial charge on any atom is -0.334 e. The average molecular weight is 578 g/mol. The molecule has 0 spiro atoms. The number of fused-ring (bicyclic) bond motifs is 2. The molecule has 0 unspecified atom stereocenters. The van der Waals surface area contributed by atoms with E-state index in [9.17, 15) is 14.4 Å². The van der Waals surface area contributed by atoms with Crippen molar-refractivity contribution in [1.29, 1.82) is 0 Å². The third-order valence-corrected chi connectivity index (χ3v) is 8.30. The van der Waals surface area contributed by atoms with Crippen LogP contribution in [0.3, 0.4) is 0 Å². The Labute approximate surface area is 231 Å². The second-order valence-electron chi connectivity index (χ2n) is 10.2. The van der Waals surface area contributed by atoms with Gasteiger partial charge in [-0.2, -0.15) is 0 Å². The van der Waals surface area contributed by atoms with Crippen LogP contribution in [0.4, 0.5) is 4.79 Å². The first-order valence-electron chi connectivity index (χ1n) is 13.2. The molecule has 0 bridgehead atoms. The van der Waals surface area contributed by atoms with E-state index in [0.29, 0.717) is 19.6 Å². The van der Waals surface area contributed by atoms with Crippen molar-refractivity contribution >= 4 is 44.5 Å². The van der Waals surface area contributed by atoms with Crippen LogP contribution in [-0.2, 0) is 22.7 Å². The van der Waals surface area contributed by atoms with Gasteiger partial charge in [0.25, 0.3) is 0 Å². The second-order valence-corrected chi connectivity index (χ2v) is 11.2. The van der Waals surface area contributed by atoms with Crippen molar-refractivity contribution in [3.63, 3.8) is 0 Å². The van der Waals surface area contributed by atoms with Crippen LogP contribution in [0.2, 0.25) is 0 Å². The molecule has 0 aromatic heterocycles. The third kappa shape index (κ3) is 5.27. The minimum absolute atomic E-state index is 0.0286. The molecule has 2 heterocycles. The minimum atomic E-state index is -0.589. The number of hydrogen-bond acceptors (Lipinski definition) is 3.